The number of halogens is 1. The van der Waals surface area contributed by atoms with E-state index in [0.29, 0.717) is 0 Å². The molecule has 2 heteroatoms. The smallest absolute Gasteiger partial charge is 0.0192 e. The predicted molar refractivity (Wildman–Crippen MR) is 52.8 cm³/mol. The molecule has 54 valence electrons. The molecule has 0 amide bonds. The van der Waals surface area contributed by atoms with E-state index in [2.05, 4.69) is 34.2 Å². The molecule has 1 rings (SSSR count). The van der Waals surface area contributed by atoms with Crippen LogP contribution in [0.5, 0.6) is 0 Å². The highest BCUT2D eigenvalue weighted by Crippen LogP contribution is 2.12. The molecule has 0 bridgehead atoms. The minimum absolute atomic E-state index is 0.946. The van der Waals surface area contributed by atoms with Crippen LogP contribution in [0.4, 0.5) is 0 Å². The third-order valence-electron chi connectivity index (χ3n) is 1.38. The van der Waals surface area contributed by atoms with E-state index in [-0.39, 0.29) is 0 Å². The molecule has 1 aliphatic rings. The van der Waals surface area contributed by atoms with Gasteiger partial charge in [0, 0.05) is 16.6 Å². The Labute approximate surface area is 75.1 Å². The number of hydrogen-bond acceptors (Lipinski definition) is 1. The summed E-state index contributed by atoms with van der Waals surface area (Å²) in [7, 11) is 0. The number of hydrogen-bond donors (Lipinski definition) is 0. The Bertz CT molecular complexity index is 191. The van der Waals surface area contributed by atoms with Crippen molar-refractivity contribution >= 4 is 33.0 Å². The fraction of sp³-hybridized carbons (Fsp3) is 0.375. The summed E-state index contributed by atoms with van der Waals surface area (Å²) in [6.45, 7) is 0. The lowest BCUT2D eigenvalue weighted by Gasteiger charge is -2.04. The molecule has 0 aliphatic heterocycles. The van der Waals surface area contributed by atoms with Gasteiger partial charge in [0.15, 0.2) is 0 Å². The van der Waals surface area contributed by atoms with Crippen molar-refractivity contribution in [2.45, 2.75) is 12.8 Å². The van der Waals surface area contributed by atoms with Gasteiger partial charge >= 0.3 is 0 Å². The summed E-state index contributed by atoms with van der Waals surface area (Å²) in [5.41, 5.74) is 1.34. The SMILES string of the molecule is S=C1C=C(CCBr)C=CC1. The Morgan fingerprint density at radius 3 is 3.00 bits per heavy atom. The van der Waals surface area contributed by atoms with Crippen LogP contribution in [-0.2, 0) is 0 Å². The second-order valence-electron chi connectivity index (χ2n) is 2.23. The lowest BCUT2D eigenvalue weighted by molar-refractivity contribution is 1.17. The van der Waals surface area contributed by atoms with Crippen molar-refractivity contribution in [2.24, 2.45) is 0 Å². The number of rotatable bonds is 2. The monoisotopic (exact) mass is 216 g/mol. The van der Waals surface area contributed by atoms with Gasteiger partial charge in [-0.25, -0.2) is 0 Å². The van der Waals surface area contributed by atoms with Crippen molar-refractivity contribution in [1.29, 1.82) is 0 Å². The molecule has 0 saturated carbocycles. The zero-order valence-electron chi connectivity index (χ0n) is 5.64. The molecule has 0 aromatic rings. The van der Waals surface area contributed by atoms with Gasteiger partial charge in [0.05, 0.1) is 0 Å². The maximum absolute atomic E-state index is 5.05. The van der Waals surface area contributed by atoms with Gasteiger partial charge in [-0.15, -0.1) is 0 Å². The summed E-state index contributed by atoms with van der Waals surface area (Å²) in [6, 6.07) is 0. The second kappa shape index (κ2) is 4.04. The lowest BCUT2D eigenvalue weighted by atomic mass is 10.1. The summed E-state index contributed by atoms with van der Waals surface area (Å²) in [5, 5.41) is 1.02. The van der Waals surface area contributed by atoms with Crippen molar-refractivity contribution in [3.63, 3.8) is 0 Å². The Morgan fingerprint density at radius 1 is 1.60 bits per heavy atom. The summed E-state index contributed by atoms with van der Waals surface area (Å²) in [5.74, 6) is 0. The summed E-state index contributed by atoms with van der Waals surface area (Å²) >= 11 is 8.44. The van der Waals surface area contributed by atoms with Crippen LogP contribution >= 0.6 is 28.1 Å². The molecular formula is C8H9BrS. The first-order valence-electron chi connectivity index (χ1n) is 3.29. The van der Waals surface area contributed by atoms with Crippen LogP contribution in [-0.4, -0.2) is 10.2 Å². The van der Waals surface area contributed by atoms with E-state index in [1.807, 2.05) is 0 Å². The van der Waals surface area contributed by atoms with Gasteiger partial charge in [0.1, 0.15) is 0 Å². The minimum Gasteiger partial charge on any atom is -0.0924 e. The lowest BCUT2D eigenvalue weighted by Crippen LogP contribution is -1.95. The van der Waals surface area contributed by atoms with Gasteiger partial charge in [-0.2, -0.15) is 0 Å². The van der Waals surface area contributed by atoms with E-state index in [1.54, 1.807) is 0 Å². The first-order valence-corrected chi connectivity index (χ1v) is 4.82. The fourth-order valence-electron chi connectivity index (χ4n) is 0.905. The molecule has 0 fully saturated rings. The topological polar surface area (TPSA) is 0 Å². The van der Waals surface area contributed by atoms with Gasteiger partial charge in [-0.1, -0.05) is 40.3 Å². The third kappa shape index (κ3) is 2.35. The largest absolute Gasteiger partial charge is 0.0924 e. The molecule has 0 spiro atoms. The van der Waals surface area contributed by atoms with Crippen LogP contribution in [0.3, 0.4) is 0 Å². The molecule has 0 atom stereocenters. The number of alkyl halides is 1. The summed E-state index contributed by atoms with van der Waals surface area (Å²) in [4.78, 5) is 1.05. The normalized spacial score (nSPS) is 17.3. The zero-order valence-corrected chi connectivity index (χ0v) is 8.04. The first kappa shape index (κ1) is 8.15. The van der Waals surface area contributed by atoms with Gasteiger partial charge in [-0.3, -0.25) is 0 Å². The van der Waals surface area contributed by atoms with Crippen molar-refractivity contribution < 1.29 is 0 Å². The van der Waals surface area contributed by atoms with Crippen LogP contribution in [0, 0.1) is 0 Å². The quantitative estimate of drug-likeness (QED) is 0.506. The Morgan fingerprint density at radius 2 is 2.40 bits per heavy atom. The van der Waals surface area contributed by atoms with Gasteiger partial charge in [0.2, 0.25) is 0 Å². The molecule has 0 aromatic carbocycles. The second-order valence-corrected chi connectivity index (χ2v) is 3.55. The average molecular weight is 217 g/mol. The van der Waals surface area contributed by atoms with E-state index in [0.717, 1.165) is 23.0 Å². The zero-order chi connectivity index (χ0) is 7.40. The van der Waals surface area contributed by atoms with E-state index in [4.69, 9.17) is 12.2 Å². The van der Waals surface area contributed by atoms with E-state index in [1.165, 1.54) is 5.57 Å². The Balaban J connectivity index is 2.57. The highest BCUT2D eigenvalue weighted by molar-refractivity contribution is 9.09. The highest BCUT2D eigenvalue weighted by atomic mass is 79.9. The maximum Gasteiger partial charge on any atom is 0.0192 e. The minimum atomic E-state index is 0.946. The van der Waals surface area contributed by atoms with Gasteiger partial charge in [-0.05, 0) is 18.1 Å². The molecule has 10 heavy (non-hydrogen) atoms. The highest BCUT2D eigenvalue weighted by Gasteiger charge is 1.99. The standard InChI is InChI=1S/C8H9BrS/c9-5-4-7-2-1-3-8(10)6-7/h1-2,6H,3-5H2. The molecule has 0 saturated heterocycles. The van der Waals surface area contributed by atoms with Crippen LogP contribution in [0.25, 0.3) is 0 Å². The predicted octanol–water partition coefficient (Wildman–Crippen LogP) is 3.03. The van der Waals surface area contributed by atoms with Crippen molar-refractivity contribution in [2.75, 3.05) is 5.33 Å². The van der Waals surface area contributed by atoms with Crippen molar-refractivity contribution in [1.82, 2.24) is 0 Å². The van der Waals surface area contributed by atoms with Crippen LogP contribution in [0.1, 0.15) is 12.8 Å². The average Bonchev–Trinajstić information content (AvgIpc) is 1.88. The van der Waals surface area contributed by atoms with Gasteiger partial charge in [0.25, 0.3) is 0 Å². The van der Waals surface area contributed by atoms with Crippen LogP contribution < -0.4 is 0 Å². The molecule has 0 nitrogen and oxygen atoms in total. The summed E-state index contributed by atoms with van der Waals surface area (Å²) < 4.78 is 0. The third-order valence-corrected chi connectivity index (χ3v) is 2.06. The van der Waals surface area contributed by atoms with E-state index in [9.17, 15) is 0 Å². The molecule has 0 unspecified atom stereocenters. The fourth-order valence-corrected chi connectivity index (χ4v) is 1.61. The molecule has 0 aromatic heterocycles. The maximum atomic E-state index is 5.05. The molecule has 0 radical (unpaired) electrons. The molecular weight excluding hydrogens is 208 g/mol. The summed E-state index contributed by atoms with van der Waals surface area (Å²) in [6.07, 6.45) is 8.39. The molecule has 1 aliphatic carbocycles. The molecule has 0 N–H and O–H groups in total. The van der Waals surface area contributed by atoms with Crippen LogP contribution in [0.15, 0.2) is 23.8 Å². The van der Waals surface area contributed by atoms with Gasteiger partial charge < -0.3 is 0 Å². The van der Waals surface area contributed by atoms with Crippen LogP contribution in [0.2, 0.25) is 0 Å². The van der Waals surface area contributed by atoms with E-state index < -0.39 is 0 Å². The first-order chi connectivity index (χ1) is 4.83. The Kier molecular flexibility index (Phi) is 3.29. The number of thiocarbonyl (C=S) groups is 1. The molecule has 0 heterocycles. The number of allylic oxidation sites excluding steroid dienone is 4. The van der Waals surface area contributed by atoms with E-state index >= 15 is 0 Å². The van der Waals surface area contributed by atoms with Crippen molar-refractivity contribution in [3.05, 3.63) is 23.8 Å². The van der Waals surface area contributed by atoms with Crippen molar-refractivity contribution in [3.8, 4) is 0 Å². The Hall–Kier alpha value is 0.0500.